The monoisotopic (exact) mass is 344 g/mol. The van der Waals surface area contributed by atoms with E-state index >= 15 is 0 Å². The Morgan fingerprint density at radius 3 is 2.95 bits per heavy atom. The van der Waals surface area contributed by atoms with Crippen molar-refractivity contribution in [3.05, 3.63) is 33.3 Å². The predicted octanol–water partition coefficient (Wildman–Crippen LogP) is 3.32. The molecule has 1 heterocycles. The van der Waals surface area contributed by atoms with Crippen molar-refractivity contribution in [3.8, 4) is 0 Å². The number of hydrogen-bond donors (Lipinski definition) is 1. The van der Waals surface area contributed by atoms with Gasteiger partial charge in [-0.05, 0) is 53.5 Å². The number of rotatable bonds is 3. The summed E-state index contributed by atoms with van der Waals surface area (Å²) in [6, 6.07) is 5.72. The Morgan fingerprint density at radius 1 is 1.53 bits per heavy atom. The minimum Gasteiger partial charge on any atom is -0.340 e. The molecule has 0 aliphatic carbocycles. The van der Waals surface area contributed by atoms with E-state index in [1.807, 2.05) is 13.1 Å². The second kappa shape index (κ2) is 6.73. The van der Waals surface area contributed by atoms with Gasteiger partial charge in [-0.3, -0.25) is 4.79 Å². The summed E-state index contributed by atoms with van der Waals surface area (Å²) >= 11 is 9.35. The van der Waals surface area contributed by atoms with E-state index in [0.717, 1.165) is 24.0 Å². The van der Waals surface area contributed by atoms with Crippen LogP contribution in [0.3, 0.4) is 0 Å². The Labute approximate surface area is 127 Å². The van der Waals surface area contributed by atoms with Crippen molar-refractivity contribution in [2.75, 3.05) is 20.1 Å². The van der Waals surface area contributed by atoms with Crippen LogP contribution >= 0.6 is 27.5 Å². The fourth-order valence-corrected chi connectivity index (χ4v) is 2.77. The molecule has 19 heavy (non-hydrogen) atoms. The van der Waals surface area contributed by atoms with E-state index in [0.29, 0.717) is 16.6 Å². The minimum absolute atomic E-state index is 0.0155. The lowest BCUT2D eigenvalue weighted by molar-refractivity contribution is 0.0775. The Balaban J connectivity index is 1.99. The quantitative estimate of drug-likeness (QED) is 0.911. The van der Waals surface area contributed by atoms with Crippen molar-refractivity contribution in [1.82, 2.24) is 10.2 Å². The number of amides is 1. The van der Waals surface area contributed by atoms with Crippen molar-refractivity contribution >= 4 is 33.4 Å². The van der Waals surface area contributed by atoms with E-state index in [-0.39, 0.29) is 5.91 Å². The molecule has 1 aliphatic rings. The Morgan fingerprint density at radius 2 is 2.32 bits per heavy atom. The largest absolute Gasteiger partial charge is 0.340 e. The van der Waals surface area contributed by atoms with Crippen LogP contribution in [0.2, 0.25) is 5.02 Å². The maximum atomic E-state index is 12.3. The highest BCUT2D eigenvalue weighted by atomic mass is 79.9. The molecule has 1 unspecified atom stereocenters. The molecule has 1 fully saturated rings. The zero-order valence-electron chi connectivity index (χ0n) is 11.0. The lowest BCUT2D eigenvalue weighted by Gasteiger charge is -2.28. The van der Waals surface area contributed by atoms with Crippen molar-refractivity contribution in [1.29, 1.82) is 0 Å². The zero-order chi connectivity index (χ0) is 13.8. The van der Waals surface area contributed by atoms with Gasteiger partial charge in [0.1, 0.15) is 0 Å². The summed E-state index contributed by atoms with van der Waals surface area (Å²) in [6.07, 6.45) is 3.61. The van der Waals surface area contributed by atoms with Crippen molar-refractivity contribution < 1.29 is 4.79 Å². The highest BCUT2D eigenvalue weighted by molar-refractivity contribution is 9.10. The summed E-state index contributed by atoms with van der Waals surface area (Å²) in [6.45, 7) is 1.79. The molecule has 0 bridgehead atoms. The molecule has 1 aliphatic heterocycles. The molecule has 1 atom stereocenters. The fourth-order valence-electron chi connectivity index (χ4n) is 2.34. The second-order valence-electron chi connectivity index (χ2n) is 4.96. The standard InChI is InChI=1S/C14H18BrClN2O/c1-18(9-11-4-2-3-7-17-11)14(19)10-5-6-12(15)13(16)8-10/h5-6,8,11,17H,2-4,7,9H2,1H3. The van der Waals surface area contributed by atoms with Gasteiger partial charge in [-0.25, -0.2) is 0 Å². The summed E-state index contributed by atoms with van der Waals surface area (Å²) in [5, 5.41) is 4.01. The zero-order valence-corrected chi connectivity index (χ0v) is 13.3. The molecule has 0 spiro atoms. The van der Waals surface area contributed by atoms with Gasteiger partial charge in [0, 0.05) is 29.7 Å². The maximum Gasteiger partial charge on any atom is 0.253 e. The van der Waals surface area contributed by atoms with Crippen molar-refractivity contribution in [2.45, 2.75) is 25.3 Å². The average molecular weight is 346 g/mol. The van der Waals surface area contributed by atoms with E-state index in [2.05, 4.69) is 21.2 Å². The van der Waals surface area contributed by atoms with Crippen molar-refractivity contribution in [2.24, 2.45) is 0 Å². The molecule has 1 aromatic carbocycles. The molecule has 104 valence electrons. The number of hydrogen-bond acceptors (Lipinski definition) is 2. The van der Waals surface area contributed by atoms with Crippen LogP contribution in [-0.4, -0.2) is 37.0 Å². The summed E-state index contributed by atoms with van der Waals surface area (Å²) in [7, 11) is 1.84. The molecule has 1 saturated heterocycles. The summed E-state index contributed by atoms with van der Waals surface area (Å²) in [4.78, 5) is 14.1. The van der Waals surface area contributed by atoms with Crippen LogP contribution in [0.1, 0.15) is 29.6 Å². The summed E-state index contributed by atoms with van der Waals surface area (Å²) < 4.78 is 0.808. The molecule has 1 aromatic rings. The number of nitrogens with one attached hydrogen (secondary N) is 1. The van der Waals surface area contributed by atoms with Gasteiger partial charge in [0.25, 0.3) is 5.91 Å². The molecule has 1 amide bonds. The minimum atomic E-state index is 0.0155. The third kappa shape index (κ3) is 3.94. The number of halogens is 2. The van der Waals surface area contributed by atoms with Gasteiger partial charge in [0.2, 0.25) is 0 Å². The van der Waals surface area contributed by atoms with Gasteiger partial charge in [0.15, 0.2) is 0 Å². The van der Waals surface area contributed by atoms with Crippen LogP contribution in [0.4, 0.5) is 0 Å². The van der Waals surface area contributed by atoms with Gasteiger partial charge >= 0.3 is 0 Å². The third-order valence-corrected chi connectivity index (χ3v) is 4.65. The molecule has 0 aromatic heterocycles. The first-order chi connectivity index (χ1) is 9.08. The van der Waals surface area contributed by atoms with Crippen LogP contribution in [0.15, 0.2) is 22.7 Å². The van der Waals surface area contributed by atoms with Gasteiger partial charge in [0.05, 0.1) is 5.02 Å². The number of nitrogens with zero attached hydrogens (tertiary/aromatic N) is 1. The Kier molecular flexibility index (Phi) is 5.25. The summed E-state index contributed by atoms with van der Waals surface area (Å²) in [5.41, 5.74) is 0.631. The summed E-state index contributed by atoms with van der Waals surface area (Å²) in [5.74, 6) is 0.0155. The number of benzene rings is 1. The first-order valence-electron chi connectivity index (χ1n) is 6.52. The van der Waals surface area contributed by atoms with Crippen LogP contribution < -0.4 is 5.32 Å². The van der Waals surface area contributed by atoms with Gasteiger partial charge < -0.3 is 10.2 Å². The molecule has 5 heteroatoms. The topological polar surface area (TPSA) is 32.3 Å². The number of likely N-dealkylation sites (N-methyl/N-ethyl adjacent to an activating group) is 1. The Hall–Kier alpha value is -0.580. The fraction of sp³-hybridized carbons (Fsp3) is 0.500. The number of carbonyl (C=O) groups is 1. The normalized spacial score (nSPS) is 19.2. The van der Waals surface area contributed by atoms with Gasteiger partial charge in [-0.1, -0.05) is 18.0 Å². The second-order valence-corrected chi connectivity index (χ2v) is 6.22. The lowest BCUT2D eigenvalue weighted by atomic mass is 10.0. The van der Waals surface area contributed by atoms with Gasteiger partial charge in [-0.2, -0.15) is 0 Å². The molecule has 1 N–H and O–H groups in total. The SMILES string of the molecule is CN(CC1CCCCN1)C(=O)c1ccc(Br)c(Cl)c1. The number of piperidine rings is 1. The van der Waals surface area contributed by atoms with E-state index in [9.17, 15) is 4.79 Å². The molecule has 3 nitrogen and oxygen atoms in total. The molecule has 0 saturated carbocycles. The van der Waals surface area contributed by atoms with Crippen molar-refractivity contribution in [3.63, 3.8) is 0 Å². The highest BCUT2D eigenvalue weighted by Crippen LogP contribution is 2.23. The van der Waals surface area contributed by atoms with E-state index in [1.165, 1.54) is 12.8 Å². The first-order valence-corrected chi connectivity index (χ1v) is 7.69. The van der Waals surface area contributed by atoms with Gasteiger partial charge in [-0.15, -0.1) is 0 Å². The number of carbonyl (C=O) groups excluding carboxylic acids is 1. The smallest absolute Gasteiger partial charge is 0.253 e. The van der Waals surface area contributed by atoms with Crippen LogP contribution in [-0.2, 0) is 0 Å². The van der Waals surface area contributed by atoms with Crippen LogP contribution in [0.25, 0.3) is 0 Å². The van der Waals surface area contributed by atoms with E-state index in [4.69, 9.17) is 11.6 Å². The lowest BCUT2D eigenvalue weighted by Crippen LogP contribution is -2.44. The van der Waals surface area contributed by atoms with Crippen LogP contribution in [0, 0.1) is 0 Å². The van der Waals surface area contributed by atoms with E-state index < -0.39 is 0 Å². The first kappa shape index (κ1) is 14.8. The third-order valence-electron chi connectivity index (χ3n) is 3.42. The molecular formula is C14H18BrClN2O. The molecule has 2 rings (SSSR count). The maximum absolute atomic E-state index is 12.3. The average Bonchev–Trinajstić information content (AvgIpc) is 2.42. The predicted molar refractivity (Wildman–Crippen MR) is 81.8 cm³/mol. The Bertz CT molecular complexity index is 461. The van der Waals surface area contributed by atoms with Crippen LogP contribution in [0.5, 0.6) is 0 Å². The molecule has 0 radical (unpaired) electrons. The molecular weight excluding hydrogens is 328 g/mol. The van der Waals surface area contributed by atoms with E-state index in [1.54, 1.807) is 17.0 Å². The highest BCUT2D eigenvalue weighted by Gasteiger charge is 2.19.